The zero-order chi connectivity index (χ0) is 32.3. The van der Waals surface area contributed by atoms with Crippen LogP contribution in [-0.4, -0.2) is 70.9 Å². The standard InChI is InChI=1S/C35H36N4O6.Mg/c1-7-18-15(3)22-11-23-16(4)20(9-10-28(41)42)32(38-23)30-31(35(44)45-6)34(43)29-17(5)24(39-33(29)30)12-26-19(8-2)21(14-40)27(37-26)13-25(18)36-22;/h7,11-13,16,20,31,40H,1,8-10,14H2,2-6H3,(H3,36,37,38,39,41,42,43);/q;+2/p-3/t16-,20-,31+;/m0./s1. The Labute approximate surface area is 282 Å². The predicted molar refractivity (Wildman–Crippen MR) is 172 cm³/mol. The third-order valence-corrected chi connectivity index (χ3v) is 9.40. The molecule has 0 amide bonds. The molecule has 6 rings (SSSR count). The van der Waals surface area contributed by atoms with Gasteiger partial charge < -0.3 is 29.8 Å². The number of aromatic nitrogens is 1. The summed E-state index contributed by atoms with van der Waals surface area (Å²) in [5.41, 5.74) is 8.21. The third kappa shape index (κ3) is 5.10. The SMILES string of the molecule is C=CC1=C(C)C2=NC1=CC1=NC(=Cc3[n-]c4c(c3C)=C([O-])[C@H](C(=O)OC)C=4C3=NC(=C2)[C@@H](C)[C@@H]3CCC(=O)[O-])C(CC)=C1CO.[Mg+2]. The van der Waals surface area contributed by atoms with Crippen molar-refractivity contribution < 1.29 is 29.6 Å². The van der Waals surface area contributed by atoms with Crippen molar-refractivity contribution in [3.8, 4) is 0 Å². The maximum Gasteiger partial charge on any atom is 2.00 e. The Morgan fingerprint density at radius 3 is 2.46 bits per heavy atom. The number of nitrogens with zero attached hydrogens (tertiary/aromatic N) is 4. The van der Waals surface area contributed by atoms with Gasteiger partial charge in [-0.05, 0) is 67.2 Å². The van der Waals surface area contributed by atoms with Crippen molar-refractivity contribution in [2.45, 2.75) is 47.0 Å². The second kappa shape index (κ2) is 12.6. The van der Waals surface area contributed by atoms with Gasteiger partial charge in [-0.2, -0.15) is 0 Å². The van der Waals surface area contributed by atoms with E-state index >= 15 is 0 Å². The number of carbonyl (C=O) groups excluding carboxylic acids is 2. The van der Waals surface area contributed by atoms with E-state index in [0.29, 0.717) is 73.6 Å². The molecule has 8 bridgehead atoms. The molecule has 0 radical (unpaired) electrons. The Morgan fingerprint density at radius 1 is 1.11 bits per heavy atom. The van der Waals surface area contributed by atoms with E-state index in [2.05, 4.69) is 6.58 Å². The number of methoxy groups -OCH3 is 1. The quantitative estimate of drug-likeness (QED) is 0.339. The van der Waals surface area contributed by atoms with E-state index in [4.69, 9.17) is 24.7 Å². The molecule has 11 heteroatoms. The molecule has 0 fully saturated rings. The maximum absolute atomic E-state index is 14.0. The van der Waals surface area contributed by atoms with Crippen LogP contribution in [0.1, 0.15) is 51.3 Å². The molecule has 10 nitrogen and oxygen atoms in total. The fourth-order valence-corrected chi connectivity index (χ4v) is 6.97. The van der Waals surface area contributed by atoms with Crippen molar-refractivity contribution in [1.82, 2.24) is 4.98 Å². The molecular weight excluding hydrogens is 597 g/mol. The predicted octanol–water partition coefficient (Wildman–Crippen LogP) is 0.463. The molecule has 0 saturated carbocycles. The number of aliphatic carboxylic acids is 1. The van der Waals surface area contributed by atoms with Crippen LogP contribution in [0.2, 0.25) is 0 Å². The minimum atomic E-state index is -1.28. The Kier molecular flexibility index (Phi) is 9.13. The second-order valence-electron chi connectivity index (χ2n) is 11.7. The van der Waals surface area contributed by atoms with Crippen molar-refractivity contribution in [1.29, 1.82) is 0 Å². The number of hydrogen-bond donors (Lipinski definition) is 1. The van der Waals surface area contributed by atoms with E-state index in [9.17, 15) is 24.9 Å². The van der Waals surface area contributed by atoms with Crippen LogP contribution < -0.4 is 25.8 Å². The van der Waals surface area contributed by atoms with E-state index in [0.717, 1.165) is 16.7 Å². The van der Waals surface area contributed by atoms with Crippen LogP contribution in [0, 0.1) is 24.7 Å². The Morgan fingerprint density at radius 2 is 1.83 bits per heavy atom. The monoisotopic (exact) mass is 629 g/mol. The van der Waals surface area contributed by atoms with Crippen LogP contribution in [0.5, 0.6) is 0 Å². The minimum Gasteiger partial charge on any atom is -0.874 e. The molecule has 5 heterocycles. The van der Waals surface area contributed by atoms with Crippen LogP contribution >= 0.6 is 0 Å². The maximum atomic E-state index is 14.0. The molecule has 4 aliphatic heterocycles. The van der Waals surface area contributed by atoms with E-state index in [-0.39, 0.29) is 48.4 Å². The first-order valence-electron chi connectivity index (χ1n) is 15.0. The summed E-state index contributed by atoms with van der Waals surface area (Å²) in [6.45, 7) is 11.4. The normalized spacial score (nSPS) is 23.0. The number of aliphatic hydroxyl groups is 1. The molecule has 1 N–H and O–H groups in total. The number of aliphatic hydroxyl groups excluding tert-OH is 1. The van der Waals surface area contributed by atoms with Crippen LogP contribution in [0.4, 0.5) is 0 Å². The number of ether oxygens (including phenoxy) is 1. The van der Waals surface area contributed by atoms with Gasteiger partial charge >= 0.3 is 29.0 Å². The third-order valence-electron chi connectivity index (χ3n) is 9.40. The molecule has 1 aromatic heterocycles. The van der Waals surface area contributed by atoms with Gasteiger partial charge in [-0.25, -0.2) is 9.98 Å². The summed E-state index contributed by atoms with van der Waals surface area (Å²) >= 11 is 0. The van der Waals surface area contributed by atoms with Crippen molar-refractivity contribution in [3.05, 3.63) is 86.0 Å². The molecule has 232 valence electrons. The van der Waals surface area contributed by atoms with Gasteiger partial charge in [-0.15, -0.1) is 16.8 Å². The summed E-state index contributed by atoms with van der Waals surface area (Å²) in [7, 11) is 1.23. The van der Waals surface area contributed by atoms with Gasteiger partial charge in [0.05, 0.1) is 42.5 Å². The average molecular weight is 630 g/mol. The zero-order valence-corrected chi connectivity index (χ0v) is 28.0. The van der Waals surface area contributed by atoms with Crippen LogP contribution in [0.3, 0.4) is 0 Å². The molecule has 0 spiro atoms. The molecule has 1 aliphatic carbocycles. The van der Waals surface area contributed by atoms with E-state index in [1.807, 2.05) is 32.9 Å². The van der Waals surface area contributed by atoms with E-state index in [1.54, 1.807) is 19.1 Å². The first-order valence-corrected chi connectivity index (χ1v) is 15.0. The van der Waals surface area contributed by atoms with Crippen LogP contribution in [0.15, 0.2) is 79.2 Å². The number of hydrogen-bond acceptors (Lipinski definition) is 9. The number of rotatable bonds is 7. The van der Waals surface area contributed by atoms with Crippen molar-refractivity contribution in [2.75, 3.05) is 13.7 Å². The minimum absolute atomic E-state index is 0. The van der Waals surface area contributed by atoms with Crippen molar-refractivity contribution in [3.63, 3.8) is 0 Å². The molecule has 46 heavy (non-hydrogen) atoms. The summed E-state index contributed by atoms with van der Waals surface area (Å²) in [5, 5.41) is 36.6. The smallest absolute Gasteiger partial charge is 0.874 e. The van der Waals surface area contributed by atoms with Crippen LogP contribution in [0.25, 0.3) is 17.4 Å². The fourth-order valence-electron chi connectivity index (χ4n) is 6.97. The second-order valence-corrected chi connectivity index (χ2v) is 11.7. The Hall–Kier alpha value is -4.06. The number of fused-ring (bicyclic) bond motifs is 5. The largest absolute Gasteiger partial charge is 2.00 e. The number of esters is 1. The number of carbonyl (C=O) groups is 2. The summed E-state index contributed by atoms with van der Waals surface area (Å²) in [4.78, 5) is 44.5. The summed E-state index contributed by atoms with van der Waals surface area (Å²) in [6, 6.07) is 0. The number of allylic oxidation sites excluding steroid dienone is 6. The van der Waals surface area contributed by atoms with Gasteiger partial charge in [0, 0.05) is 40.4 Å². The van der Waals surface area contributed by atoms with Gasteiger partial charge in [-0.3, -0.25) is 9.79 Å². The average Bonchev–Trinajstić information content (AvgIpc) is 3.76. The summed E-state index contributed by atoms with van der Waals surface area (Å²) in [6.07, 6.45) is 7.79. The van der Waals surface area contributed by atoms with E-state index in [1.165, 1.54) is 7.11 Å². The molecule has 5 aliphatic rings. The zero-order valence-electron chi connectivity index (χ0n) is 26.6. The topological polar surface area (TPSA) is 161 Å². The Balaban J connectivity index is 0.00000417. The molecule has 0 saturated heterocycles. The molecule has 3 atom stereocenters. The number of carboxylic acids is 1. The van der Waals surface area contributed by atoms with Gasteiger partial charge in [0.2, 0.25) is 0 Å². The fraction of sp³-hybridized carbons (Fsp3) is 0.343. The first kappa shape index (κ1) is 33.3. The molecule has 1 aromatic rings. The van der Waals surface area contributed by atoms with E-state index < -0.39 is 29.5 Å². The Bertz CT molecular complexity index is 1980. The van der Waals surface area contributed by atoms with Crippen molar-refractivity contribution >= 4 is 69.5 Å². The molecule has 0 aromatic carbocycles. The van der Waals surface area contributed by atoms with Crippen molar-refractivity contribution in [2.24, 2.45) is 32.7 Å². The van der Waals surface area contributed by atoms with Gasteiger partial charge in [0.1, 0.15) is 0 Å². The molecule has 0 unspecified atom stereocenters. The van der Waals surface area contributed by atoms with Crippen LogP contribution in [-0.2, 0) is 14.3 Å². The van der Waals surface area contributed by atoms with Gasteiger partial charge in [0.15, 0.2) is 0 Å². The summed E-state index contributed by atoms with van der Waals surface area (Å²) in [5.74, 6) is -4.36. The first-order chi connectivity index (χ1) is 21.5. The van der Waals surface area contributed by atoms with Gasteiger partial charge in [0.25, 0.3) is 0 Å². The number of aliphatic imine (C=N–C) groups is 3. The summed E-state index contributed by atoms with van der Waals surface area (Å²) < 4.78 is 5.09. The number of carboxylic acid groups (broad SMARTS) is 1. The van der Waals surface area contributed by atoms with Gasteiger partial charge in [-0.1, -0.05) is 38.1 Å². The molecular formula is C35H33MgN4O6-.